The van der Waals surface area contributed by atoms with Crippen LogP contribution in [0.4, 0.5) is 11.4 Å². The number of carbonyl (C=O) groups is 2. The Morgan fingerprint density at radius 1 is 1.19 bits per heavy atom. The van der Waals surface area contributed by atoms with Gasteiger partial charge in [-0.1, -0.05) is 0 Å². The molecule has 2 amide bonds. The number of amides is 2. The summed E-state index contributed by atoms with van der Waals surface area (Å²) in [4.78, 5) is 24.3. The van der Waals surface area contributed by atoms with Crippen molar-refractivity contribution in [3.63, 3.8) is 0 Å². The van der Waals surface area contributed by atoms with Gasteiger partial charge in [-0.25, -0.2) is 8.42 Å². The Labute approximate surface area is 186 Å². The lowest BCUT2D eigenvalue weighted by atomic mass is 10.1. The van der Waals surface area contributed by atoms with E-state index in [1.807, 2.05) is 0 Å². The van der Waals surface area contributed by atoms with Crippen LogP contribution in [-0.2, 0) is 19.6 Å². The van der Waals surface area contributed by atoms with Crippen molar-refractivity contribution in [3.8, 4) is 17.2 Å². The number of rotatable bonds is 7. The number of methoxy groups -OCH3 is 2. The predicted molar refractivity (Wildman–Crippen MR) is 118 cm³/mol. The largest absolute Gasteiger partial charge is 0.493 e. The average molecular weight is 464 g/mol. The van der Waals surface area contributed by atoms with Gasteiger partial charge in [0.1, 0.15) is 5.75 Å². The summed E-state index contributed by atoms with van der Waals surface area (Å²) >= 11 is 0. The Hall–Kier alpha value is -3.31. The maximum Gasteiger partial charge on any atom is 0.265 e. The van der Waals surface area contributed by atoms with E-state index in [4.69, 9.17) is 14.2 Å². The third kappa shape index (κ3) is 4.63. The molecule has 0 fully saturated rings. The fourth-order valence-electron chi connectivity index (χ4n) is 3.19. The maximum absolute atomic E-state index is 13.1. The van der Waals surface area contributed by atoms with Crippen molar-refractivity contribution in [2.75, 3.05) is 38.4 Å². The van der Waals surface area contributed by atoms with E-state index in [9.17, 15) is 18.0 Å². The molecule has 0 radical (unpaired) electrons. The third-order valence-electron chi connectivity index (χ3n) is 4.93. The van der Waals surface area contributed by atoms with E-state index < -0.39 is 28.6 Å². The van der Waals surface area contributed by atoms with E-state index in [0.29, 0.717) is 28.4 Å². The van der Waals surface area contributed by atoms with Crippen LogP contribution < -0.4 is 24.8 Å². The average Bonchev–Trinajstić information content (AvgIpc) is 2.74. The fourth-order valence-corrected chi connectivity index (χ4v) is 4.54. The van der Waals surface area contributed by atoms with Crippen LogP contribution in [0.3, 0.4) is 0 Å². The summed E-state index contributed by atoms with van der Waals surface area (Å²) in [6.45, 7) is 2.76. The Bertz CT molecular complexity index is 1160. The number of nitrogens with zero attached hydrogens (tertiary/aromatic N) is 1. The highest BCUT2D eigenvalue weighted by Crippen LogP contribution is 2.35. The minimum atomic E-state index is -4.01. The molecule has 3 rings (SSSR count). The molecular formula is C21H25N3O7S. The van der Waals surface area contributed by atoms with E-state index in [2.05, 4.69) is 10.6 Å². The molecule has 0 aromatic heterocycles. The number of carbonyl (C=O) groups excluding carboxylic acids is 2. The van der Waals surface area contributed by atoms with Gasteiger partial charge in [0.2, 0.25) is 15.9 Å². The van der Waals surface area contributed by atoms with Gasteiger partial charge in [0, 0.05) is 24.9 Å². The first kappa shape index (κ1) is 23.4. The van der Waals surface area contributed by atoms with Crippen molar-refractivity contribution >= 4 is 33.2 Å². The van der Waals surface area contributed by atoms with Gasteiger partial charge in [0.05, 0.1) is 31.3 Å². The molecule has 0 saturated heterocycles. The molecular weight excluding hydrogens is 438 g/mol. The van der Waals surface area contributed by atoms with Crippen molar-refractivity contribution in [1.29, 1.82) is 0 Å². The molecule has 1 aliphatic rings. The van der Waals surface area contributed by atoms with E-state index in [0.717, 1.165) is 4.31 Å². The van der Waals surface area contributed by atoms with Gasteiger partial charge in [-0.05, 0) is 37.6 Å². The number of fused-ring (bicyclic) bond motifs is 1. The lowest BCUT2D eigenvalue weighted by molar-refractivity contribution is -0.122. The highest BCUT2D eigenvalue weighted by atomic mass is 32.2. The molecule has 1 heterocycles. The highest BCUT2D eigenvalue weighted by molar-refractivity contribution is 7.89. The molecule has 2 aromatic carbocycles. The van der Waals surface area contributed by atoms with E-state index in [1.54, 1.807) is 32.0 Å². The minimum Gasteiger partial charge on any atom is -0.493 e. The second kappa shape index (κ2) is 9.05. The highest BCUT2D eigenvalue weighted by Gasteiger charge is 2.30. The maximum atomic E-state index is 13.1. The van der Waals surface area contributed by atoms with Crippen molar-refractivity contribution < 1.29 is 32.2 Å². The first-order valence-corrected chi connectivity index (χ1v) is 11.1. The smallest absolute Gasteiger partial charge is 0.265 e. The zero-order valence-electron chi connectivity index (χ0n) is 18.4. The normalized spacial score (nSPS) is 15.4. The van der Waals surface area contributed by atoms with Gasteiger partial charge in [0.15, 0.2) is 17.6 Å². The molecule has 1 unspecified atom stereocenters. The molecule has 11 heteroatoms. The van der Waals surface area contributed by atoms with Crippen LogP contribution in [0.15, 0.2) is 35.2 Å². The summed E-state index contributed by atoms with van der Waals surface area (Å²) in [5, 5.41) is 5.32. The quantitative estimate of drug-likeness (QED) is 0.644. The first-order valence-electron chi connectivity index (χ1n) is 9.67. The molecule has 172 valence electrons. The van der Waals surface area contributed by atoms with Crippen LogP contribution in [-0.4, -0.2) is 58.5 Å². The summed E-state index contributed by atoms with van der Waals surface area (Å²) in [7, 11) is 0.274. The monoisotopic (exact) mass is 463 g/mol. The first-order chi connectivity index (χ1) is 15.1. The molecule has 0 spiro atoms. The Morgan fingerprint density at radius 3 is 2.53 bits per heavy atom. The topological polar surface area (TPSA) is 123 Å². The second-order valence-electron chi connectivity index (χ2n) is 7.24. The van der Waals surface area contributed by atoms with Gasteiger partial charge in [-0.3, -0.25) is 9.59 Å². The van der Waals surface area contributed by atoms with E-state index in [1.165, 1.54) is 33.4 Å². The van der Waals surface area contributed by atoms with Crippen LogP contribution in [0.5, 0.6) is 17.2 Å². The number of ether oxygens (including phenoxy) is 3. The van der Waals surface area contributed by atoms with Crippen molar-refractivity contribution in [1.82, 2.24) is 4.31 Å². The van der Waals surface area contributed by atoms with Gasteiger partial charge in [-0.15, -0.1) is 0 Å². The van der Waals surface area contributed by atoms with Crippen LogP contribution in [0, 0.1) is 6.92 Å². The second-order valence-corrected chi connectivity index (χ2v) is 9.26. The summed E-state index contributed by atoms with van der Waals surface area (Å²) < 4.78 is 43.1. The van der Waals surface area contributed by atoms with Crippen molar-refractivity contribution in [2.45, 2.75) is 24.8 Å². The molecule has 0 bridgehead atoms. The van der Waals surface area contributed by atoms with Crippen molar-refractivity contribution in [2.24, 2.45) is 0 Å². The van der Waals surface area contributed by atoms with E-state index >= 15 is 0 Å². The van der Waals surface area contributed by atoms with Gasteiger partial charge >= 0.3 is 0 Å². The Balaban J connectivity index is 1.77. The van der Waals surface area contributed by atoms with Gasteiger partial charge in [0.25, 0.3) is 5.91 Å². The number of sulfonamides is 1. The number of likely N-dealkylation sites (N-methyl/N-ethyl adjacent to an activating group) is 1. The third-order valence-corrected chi connectivity index (χ3v) is 6.88. The number of nitrogens with one attached hydrogen (secondary N) is 2. The van der Waals surface area contributed by atoms with Gasteiger partial charge < -0.3 is 24.8 Å². The number of benzene rings is 2. The predicted octanol–water partition coefficient (Wildman–Crippen LogP) is 1.99. The van der Waals surface area contributed by atoms with Crippen LogP contribution in [0.2, 0.25) is 0 Å². The lowest BCUT2D eigenvalue weighted by Crippen LogP contribution is -2.36. The standard InChI is InChI=1S/C21H25N3O7S/c1-12-8-15-17(31-13(2)21(26)23-15)10-19(12)32(27,28)24(3)11-20(25)22-14-6-7-16(29-4)18(9-14)30-5/h6-10,13H,11H2,1-5H3,(H,22,25)(H,23,26). The van der Waals surface area contributed by atoms with Crippen LogP contribution in [0.1, 0.15) is 12.5 Å². The molecule has 2 N–H and O–H groups in total. The number of anilines is 2. The number of hydrogen-bond acceptors (Lipinski definition) is 7. The Morgan fingerprint density at radius 2 is 1.88 bits per heavy atom. The minimum absolute atomic E-state index is 0.0129. The SMILES string of the molecule is COc1ccc(NC(=O)CN(C)S(=O)(=O)c2cc3c(cc2C)NC(=O)C(C)O3)cc1OC. The van der Waals surface area contributed by atoms with Crippen LogP contribution in [0.25, 0.3) is 0 Å². The molecule has 2 aromatic rings. The van der Waals surface area contributed by atoms with Crippen LogP contribution >= 0.6 is 0 Å². The molecule has 10 nitrogen and oxygen atoms in total. The fraction of sp³-hybridized carbons (Fsp3) is 0.333. The van der Waals surface area contributed by atoms with E-state index in [-0.39, 0.29) is 16.6 Å². The molecule has 1 atom stereocenters. The molecule has 32 heavy (non-hydrogen) atoms. The zero-order chi connectivity index (χ0) is 23.6. The molecule has 0 saturated carbocycles. The molecule has 0 aliphatic carbocycles. The molecule has 1 aliphatic heterocycles. The number of aryl methyl sites for hydroxylation is 1. The summed E-state index contributed by atoms with van der Waals surface area (Å²) in [5.41, 5.74) is 1.24. The lowest BCUT2D eigenvalue weighted by Gasteiger charge is -2.25. The summed E-state index contributed by atoms with van der Waals surface area (Å²) in [6, 6.07) is 7.72. The summed E-state index contributed by atoms with van der Waals surface area (Å²) in [5.74, 6) is 0.343. The number of hydrogen-bond donors (Lipinski definition) is 2. The van der Waals surface area contributed by atoms with Crippen molar-refractivity contribution in [3.05, 3.63) is 35.9 Å². The van der Waals surface area contributed by atoms with Gasteiger partial charge in [-0.2, -0.15) is 4.31 Å². The summed E-state index contributed by atoms with van der Waals surface area (Å²) in [6.07, 6.45) is -0.745. The zero-order valence-corrected chi connectivity index (χ0v) is 19.2. The Kier molecular flexibility index (Phi) is 6.60.